The first kappa shape index (κ1) is 35.3. The number of rotatable bonds is 24. The second-order valence-corrected chi connectivity index (χ2v) is 11.6. The van der Waals surface area contributed by atoms with Crippen LogP contribution in [0.1, 0.15) is 98.8 Å². The predicted molar refractivity (Wildman–Crippen MR) is 146 cm³/mol. The lowest BCUT2D eigenvalue weighted by Gasteiger charge is -2.39. The Kier molecular flexibility index (Phi) is 19.3. The minimum Gasteiger partial charge on any atom is -0.355 e. The molecular weight excluding hydrogens is 495 g/mol. The molecule has 0 saturated carbocycles. The maximum Gasteiger partial charge on any atom is 0.284 e. The Morgan fingerprint density at radius 2 is 0.919 bits per heavy atom. The van der Waals surface area contributed by atoms with Crippen molar-refractivity contribution in [3.05, 3.63) is 0 Å². The van der Waals surface area contributed by atoms with Gasteiger partial charge < -0.3 is 5.32 Å². The van der Waals surface area contributed by atoms with Gasteiger partial charge in [0.05, 0.1) is 0 Å². The highest BCUT2D eigenvalue weighted by molar-refractivity contribution is 7.57. The Morgan fingerprint density at radius 3 is 1.22 bits per heavy atom. The van der Waals surface area contributed by atoms with Crippen LogP contribution in [0.3, 0.4) is 0 Å². The van der Waals surface area contributed by atoms with Crippen molar-refractivity contribution in [3.63, 3.8) is 0 Å². The molecule has 214 valence electrons. The molecule has 10 nitrogen and oxygen atoms in total. The van der Waals surface area contributed by atoms with Gasteiger partial charge in [-0.1, -0.05) is 34.6 Å². The van der Waals surface area contributed by atoms with Crippen LogP contribution in [0.5, 0.6) is 0 Å². The number of hydrogen-bond donors (Lipinski definition) is 2. The highest BCUT2D eigenvalue weighted by atomic mass is 31.2. The normalized spacial score (nSPS) is 11.6. The summed E-state index contributed by atoms with van der Waals surface area (Å²) < 4.78 is 18.1. The van der Waals surface area contributed by atoms with Crippen LogP contribution in [0.4, 0.5) is 0 Å². The maximum absolute atomic E-state index is 14.8. The first-order chi connectivity index (χ1) is 17.6. The van der Waals surface area contributed by atoms with E-state index in [4.69, 9.17) is 0 Å². The predicted octanol–water partition coefficient (Wildman–Crippen LogP) is 3.68. The Hall–Kier alpha value is -1.74. The lowest BCUT2D eigenvalue weighted by Crippen LogP contribution is -2.43. The van der Waals surface area contributed by atoms with Crippen LogP contribution in [-0.4, -0.2) is 77.6 Å². The molecule has 0 spiro atoms. The molecule has 37 heavy (non-hydrogen) atoms. The number of nitrogens with one attached hydrogen (secondary N) is 2. The third-order valence-corrected chi connectivity index (χ3v) is 9.15. The molecular formula is C26H49N4O6P. The van der Waals surface area contributed by atoms with Gasteiger partial charge in [0, 0.05) is 97.1 Å². The molecule has 0 heterocycles. The van der Waals surface area contributed by atoms with E-state index >= 15 is 0 Å². The lowest BCUT2D eigenvalue weighted by atomic mass is 10.2. The van der Waals surface area contributed by atoms with Crippen molar-refractivity contribution < 1.29 is 28.5 Å². The third kappa shape index (κ3) is 14.7. The fourth-order valence-corrected chi connectivity index (χ4v) is 6.23. The largest absolute Gasteiger partial charge is 0.355 e. The molecule has 0 aliphatic carbocycles. The van der Waals surface area contributed by atoms with Crippen LogP contribution in [0.25, 0.3) is 0 Å². The molecule has 1 amide bonds. The van der Waals surface area contributed by atoms with Gasteiger partial charge in [0.1, 0.15) is 23.1 Å². The van der Waals surface area contributed by atoms with Crippen molar-refractivity contribution in [2.75, 3.05) is 39.3 Å². The highest BCUT2D eigenvalue weighted by Gasteiger charge is 2.37. The van der Waals surface area contributed by atoms with Gasteiger partial charge in [-0.05, 0) is 6.42 Å². The van der Waals surface area contributed by atoms with Gasteiger partial charge in [-0.25, -0.2) is 14.4 Å². The van der Waals surface area contributed by atoms with Crippen LogP contribution in [0.15, 0.2) is 0 Å². The number of amides is 1. The number of carbonyl (C=O) groups excluding carboxylic acids is 5. The Balaban J connectivity index is 6.13. The van der Waals surface area contributed by atoms with Gasteiger partial charge in [-0.2, -0.15) is 0 Å². The summed E-state index contributed by atoms with van der Waals surface area (Å²) in [5.74, 6) is -0.0479. The second kappa shape index (κ2) is 20.3. The Labute approximate surface area is 223 Å². The van der Waals surface area contributed by atoms with E-state index in [0.717, 1.165) is 0 Å². The van der Waals surface area contributed by atoms with Crippen molar-refractivity contribution in [2.24, 2.45) is 0 Å². The van der Waals surface area contributed by atoms with Crippen molar-refractivity contribution in [1.29, 1.82) is 0 Å². The molecule has 0 aliphatic heterocycles. The molecule has 0 saturated heterocycles. The van der Waals surface area contributed by atoms with Crippen molar-refractivity contribution >= 4 is 36.6 Å². The first-order valence-corrected chi connectivity index (χ1v) is 15.4. The van der Waals surface area contributed by atoms with E-state index in [1.807, 2.05) is 6.92 Å². The van der Waals surface area contributed by atoms with Crippen molar-refractivity contribution in [1.82, 2.24) is 19.7 Å². The summed E-state index contributed by atoms with van der Waals surface area (Å²) in [6.07, 6.45) is 3.20. The summed E-state index contributed by atoms with van der Waals surface area (Å²) in [6, 6.07) is 0. The number of Topliss-reactive ketones (excluding diaryl/α,β-unsaturated/α-hetero) is 4. The SMILES string of the molecule is CCCC(=O)NCCNP(=O)(N(CCC(=O)CC)CCC(=O)CC)N(CCC(=O)CC)CCC(=O)CC. The molecule has 0 atom stereocenters. The van der Waals surface area contributed by atoms with E-state index in [0.29, 0.717) is 38.5 Å². The fourth-order valence-electron chi connectivity index (χ4n) is 3.59. The van der Waals surface area contributed by atoms with Crippen LogP contribution < -0.4 is 10.4 Å². The summed E-state index contributed by atoms with van der Waals surface area (Å²) in [5.41, 5.74) is 0. The van der Waals surface area contributed by atoms with Crippen molar-refractivity contribution in [3.8, 4) is 0 Å². The number of nitrogens with zero attached hydrogens (tertiary/aromatic N) is 2. The molecule has 0 aromatic heterocycles. The van der Waals surface area contributed by atoms with Crippen LogP contribution in [0, 0.1) is 0 Å². The topological polar surface area (TPSA) is 133 Å². The molecule has 0 rings (SSSR count). The van der Waals surface area contributed by atoms with Gasteiger partial charge in [0.15, 0.2) is 0 Å². The van der Waals surface area contributed by atoms with E-state index < -0.39 is 7.59 Å². The average molecular weight is 545 g/mol. The van der Waals surface area contributed by atoms with Crippen LogP contribution >= 0.6 is 7.59 Å². The van der Waals surface area contributed by atoms with Gasteiger partial charge in [-0.3, -0.25) is 28.5 Å². The standard InChI is InChI=1S/C26H49N4O6P/c1-6-11-26(35)27-16-17-28-37(36,29(18-12-22(31)7-2)19-13-23(32)8-3)30(20-14-24(33)9-4)21-15-25(34)10-5/h6-21H2,1-5H3,(H,27,35)(H,28,36). The molecule has 0 aromatic carbocycles. The molecule has 2 N–H and O–H groups in total. The van der Waals surface area contributed by atoms with E-state index in [1.54, 1.807) is 37.0 Å². The maximum atomic E-state index is 14.8. The van der Waals surface area contributed by atoms with Crippen LogP contribution in [0.2, 0.25) is 0 Å². The monoisotopic (exact) mass is 544 g/mol. The summed E-state index contributed by atoms with van der Waals surface area (Å²) in [6.45, 7) is 10.1. The van der Waals surface area contributed by atoms with Gasteiger partial charge in [0.2, 0.25) is 5.91 Å². The summed E-state index contributed by atoms with van der Waals surface area (Å²) >= 11 is 0. The minimum atomic E-state index is -3.63. The van der Waals surface area contributed by atoms with E-state index in [2.05, 4.69) is 10.4 Å². The summed E-state index contributed by atoms with van der Waals surface area (Å²) in [5, 5.41) is 5.90. The Bertz CT molecular complexity index is 701. The molecule has 0 aromatic rings. The zero-order valence-corrected chi connectivity index (χ0v) is 24.5. The summed E-state index contributed by atoms with van der Waals surface area (Å²) in [7, 11) is -3.63. The number of ketones is 4. The zero-order valence-electron chi connectivity index (χ0n) is 23.6. The average Bonchev–Trinajstić information content (AvgIpc) is 2.89. The fraction of sp³-hybridized carbons (Fsp3) is 0.808. The minimum absolute atomic E-state index is 0.0130. The van der Waals surface area contributed by atoms with Gasteiger partial charge >= 0.3 is 0 Å². The number of carbonyl (C=O) groups is 5. The first-order valence-electron chi connectivity index (χ1n) is 13.8. The molecule has 0 unspecified atom stereocenters. The van der Waals surface area contributed by atoms with E-state index in [1.165, 1.54) is 0 Å². The molecule has 0 bridgehead atoms. The molecule has 0 aliphatic rings. The quantitative estimate of drug-likeness (QED) is 0.138. The van der Waals surface area contributed by atoms with Crippen molar-refractivity contribution in [2.45, 2.75) is 98.8 Å². The third-order valence-electron chi connectivity index (χ3n) is 6.18. The van der Waals surface area contributed by atoms with E-state index in [-0.39, 0.29) is 94.0 Å². The lowest BCUT2D eigenvalue weighted by molar-refractivity contribution is -0.121. The molecule has 11 heteroatoms. The van der Waals surface area contributed by atoms with E-state index in [9.17, 15) is 28.5 Å². The zero-order chi connectivity index (χ0) is 28.3. The van der Waals surface area contributed by atoms with Gasteiger partial charge in [-0.15, -0.1) is 0 Å². The highest BCUT2D eigenvalue weighted by Crippen LogP contribution is 2.49. The Morgan fingerprint density at radius 1 is 0.568 bits per heavy atom. The van der Waals surface area contributed by atoms with Crippen LogP contribution in [-0.2, 0) is 28.5 Å². The number of hydrogen-bond acceptors (Lipinski definition) is 6. The summed E-state index contributed by atoms with van der Waals surface area (Å²) in [4.78, 5) is 60.5. The molecule has 0 fully saturated rings. The van der Waals surface area contributed by atoms with Gasteiger partial charge in [0.25, 0.3) is 7.59 Å². The second-order valence-electron chi connectivity index (χ2n) is 9.03. The smallest absolute Gasteiger partial charge is 0.284 e. The molecule has 0 radical (unpaired) electrons.